The fourth-order valence-corrected chi connectivity index (χ4v) is 2.46. The van der Waals surface area contributed by atoms with Gasteiger partial charge in [0.15, 0.2) is 11.5 Å². The molecule has 5 heteroatoms. The number of nitrogens with zero attached hydrogens (tertiary/aromatic N) is 1. The Labute approximate surface area is 127 Å². The van der Waals surface area contributed by atoms with Gasteiger partial charge in [0.25, 0.3) is 0 Å². The van der Waals surface area contributed by atoms with Crippen LogP contribution >= 0.6 is 11.6 Å². The van der Waals surface area contributed by atoms with Crippen molar-refractivity contribution in [2.24, 2.45) is 5.73 Å². The maximum atomic E-state index is 6.25. The zero-order valence-electron chi connectivity index (χ0n) is 11.5. The summed E-state index contributed by atoms with van der Waals surface area (Å²) in [7, 11) is 1.60. The highest BCUT2D eigenvalue weighted by atomic mass is 35.5. The number of aromatic nitrogens is 1. The number of oxazole rings is 1. The quantitative estimate of drug-likeness (QED) is 0.797. The number of hydrogen-bond donors (Lipinski definition) is 1. The molecule has 0 aliphatic rings. The smallest absolute Gasteiger partial charge is 0.197 e. The fourth-order valence-electron chi connectivity index (χ4n) is 2.30. The molecule has 21 heavy (non-hydrogen) atoms. The average Bonchev–Trinajstić information content (AvgIpc) is 2.88. The molecule has 0 saturated heterocycles. The van der Waals surface area contributed by atoms with Crippen molar-refractivity contribution in [1.29, 1.82) is 0 Å². The van der Waals surface area contributed by atoms with Gasteiger partial charge in [-0.25, -0.2) is 4.98 Å². The second kappa shape index (κ2) is 5.76. The van der Waals surface area contributed by atoms with Crippen molar-refractivity contribution < 1.29 is 9.15 Å². The van der Waals surface area contributed by atoms with E-state index in [-0.39, 0.29) is 6.04 Å². The van der Waals surface area contributed by atoms with Gasteiger partial charge >= 0.3 is 0 Å². The van der Waals surface area contributed by atoms with E-state index in [2.05, 4.69) is 4.98 Å². The van der Waals surface area contributed by atoms with Crippen molar-refractivity contribution in [3.63, 3.8) is 0 Å². The highest BCUT2D eigenvalue weighted by molar-refractivity contribution is 6.30. The van der Waals surface area contributed by atoms with Crippen molar-refractivity contribution in [2.45, 2.75) is 12.5 Å². The lowest BCUT2D eigenvalue weighted by Gasteiger charge is -2.14. The molecule has 1 aromatic heterocycles. The molecule has 0 spiro atoms. The van der Waals surface area contributed by atoms with Crippen molar-refractivity contribution in [2.75, 3.05) is 7.11 Å². The van der Waals surface area contributed by atoms with E-state index in [0.29, 0.717) is 23.1 Å². The maximum Gasteiger partial charge on any atom is 0.197 e. The molecule has 1 atom stereocenters. The van der Waals surface area contributed by atoms with E-state index in [1.54, 1.807) is 19.2 Å². The van der Waals surface area contributed by atoms with Gasteiger partial charge in [-0.15, -0.1) is 0 Å². The van der Waals surface area contributed by atoms with E-state index >= 15 is 0 Å². The summed E-state index contributed by atoms with van der Waals surface area (Å²) in [6.45, 7) is 0. The summed E-state index contributed by atoms with van der Waals surface area (Å²) in [6, 6.07) is 12.8. The predicted molar refractivity (Wildman–Crippen MR) is 82.6 cm³/mol. The number of para-hydroxylation sites is 2. The number of benzene rings is 2. The number of nitrogens with two attached hydrogens (primary N) is 1. The van der Waals surface area contributed by atoms with Crippen LogP contribution in [-0.2, 0) is 6.42 Å². The molecule has 2 aromatic carbocycles. The van der Waals surface area contributed by atoms with Crippen LogP contribution in [-0.4, -0.2) is 12.1 Å². The molecule has 0 saturated carbocycles. The first-order chi connectivity index (χ1) is 10.2. The molecule has 3 aromatic rings. The largest absolute Gasteiger partial charge is 0.496 e. The summed E-state index contributed by atoms with van der Waals surface area (Å²) < 4.78 is 11.0. The Kier molecular flexibility index (Phi) is 3.82. The van der Waals surface area contributed by atoms with Crippen LogP contribution in [0.4, 0.5) is 0 Å². The molecule has 0 aliphatic carbocycles. The van der Waals surface area contributed by atoms with Gasteiger partial charge in [0, 0.05) is 23.0 Å². The SMILES string of the molecule is COc1cc(Cl)ccc1C(N)Cc1nc2ccccc2o1. The second-order valence-electron chi connectivity index (χ2n) is 4.77. The third-order valence-corrected chi connectivity index (χ3v) is 3.56. The Morgan fingerprint density at radius 2 is 2.10 bits per heavy atom. The average molecular weight is 303 g/mol. The van der Waals surface area contributed by atoms with E-state index in [0.717, 1.165) is 16.7 Å². The van der Waals surface area contributed by atoms with E-state index < -0.39 is 0 Å². The van der Waals surface area contributed by atoms with Crippen molar-refractivity contribution in [1.82, 2.24) is 4.98 Å². The number of ether oxygens (including phenoxy) is 1. The normalized spacial score (nSPS) is 12.5. The molecule has 3 rings (SSSR count). The zero-order valence-corrected chi connectivity index (χ0v) is 12.3. The molecule has 0 aliphatic heterocycles. The van der Waals surface area contributed by atoms with Crippen LogP contribution in [0.15, 0.2) is 46.9 Å². The summed E-state index contributed by atoms with van der Waals surface area (Å²) in [6.07, 6.45) is 0.493. The number of methoxy groups -OCH3 is 1. The van der Waals surface area contributed by atoms with E-state index in [4.69, 9.17) is 26.5 Å². The molecule has 1 unspecified atom stereocenters. The summed E-state index contributed by atoms with van der Waals surface area (Å²) >= 11 is 5.96. The minimum atomic E-state index is -0.273. The molecule has 0 radical (unpaired) electrons. The molecule has 4 nitrogen and oxygen atoms in total. The van der Waals surface area contributed by atoms with Crippen LogP contribution in [0.25, 0.3) is 11.1 Å². The first kappa shape index (κ1) is 13.9. The Balaban J connectivity index is 1.87. The molecule has 0 bridgehead atoms. The van der Waals surface area contributed by atoms with Crippen molar-refractivity contribution in [3.05, 3.63) is 58.9 Å². The summed E-state index contributed by atoms with van der Waals surface area (Å²) in [4.78, 5) is 4.44. The number of halogens is 1. The summed E-state index contributed by atoms with van der Waals surface area (Å²) in [5, 5.41) is 0.615. The number of hydrogen-bond acceptors (Lipinski definition) is 4. The van der Waals surface area contributed by atoms with Gasteiger partial charge in [-0.2, -0.15) is 0 Å². The molecular weight excluding hydrogens is 288 g/mol. The molecule has 108 valence electrons. The molecule has 0 fully saturated rings. The van der Waals surface area contributed by atoms with Gasteiger partial charge in [-0.3, -0.25) is 0 Å². The van der Waals surface area contributed by atoms with Crippen LogP contribution in [0.5, 0.6) is 5.75 Å². The summed E-state index contributed by atoms with van der Waals surface area (Å²) in [5.41, 5.74) is 8.73. The third kappa shape index (κ3) is 2.86. The Morgan fingerprint density at radius 1 is 1.29 bits per heavy atom. The minimum absolute atomic E-state index is 0.273. The Bertz CT molecular complexity index is 737. The van der Waals surface area contributed by atoms with Gasteiger partial charge in [0.2, 0.25) is 0 Å². The van der Waals surface area contributed by atoms with Crippen LogP contribution in [0.3, 0.4) is 0 Å². The van der Waals surface area contributed by atoms with Gasteiger partial charge in [0.05, 0.1) is 7.11 Å². The van der Waals surface area contributed by atoms with Crippen LogP contribution in [0, 0.1) is 0 Å². The Hall–Kier alpha value is -2.04. The third-order valence-electron chi connectivity index (χ3n) is 3.33. The highest BCUT2D eigenvalue weighted by Gasteiger charge is 2.16. The van der Waals surface area contributed by atoms with E-state index in [1.165, 1.54) is 0 Å². The molecule has 0 amide bonds. The molecular formula is C16H15ClN2O2. The van der Waals surface area contributed by atoms with Gasteiger partial charge in [-0.05, 0) is 24.3 Å². The lowest BCUT2D eigenvalue weighted by atomic mass is 10.0. The monoisotopic (exact) mass is 302 g/mol. The summed E-state index contributed by atoms with van der Waals surface area (Å²) in [5.74, 6) is 1.28. The lowest BCUT2D eigenvalue weighted by Crippen LogP contribution is -2.14. The predicted octanol–water partition coefficient (Wildman–Crippen LogP) is 3.73. The highest BCUT2D eigenvalue weighted by Crippen LogP contribution is 2.29. The zero-order chi connectivity index (χ0) is 14.8. The standard InChI is InChI=1S/C16H15ClN2O2/c1-20-15-8-10(17)6-7-11(15)12(18)9-16-19-13-4-2-3-5-14(13)21-16/h2-8,12H,9,18H2,1H3. The van der Waals surface area contributed by atoms with E-state index in [9.17, 15) is 0 Å². The van der Waals surface area contributed by atoms with Crippen LogP contribution in [0.2, 0.25) is 5.02 Å². The van der Waals surface area contributed by atoms with Crippen molar-refractivity contribution in [3.8, 4) is 5.75 Å². The van der Waals surface area contributed by atoms with Gasteiger partial charge in [0.1, 0.15) is 11.3 Å². The minimum Gasteiger partial charge on any atom is -0.496 e. The second-order valence-corrected chi connectivity index (χ2v) is 5.21. The Morgan fingerprint density at radius 3 is 2.86 bits per heavy atom. The van der Waals surface area contributed by atoms with Crippen molar-refractivity contribution >= 4 is 22.7 Å². The molecule has 2 N–H and O–H groups in total. The first-order valence-corrected chi connectivity index (χ1v) is 6.98. The topological polar surface area (TPSA) is 61.3 Å². The van der Waals surface area contributed by atoms with E-state index in [1.807, 2.05) is 30.3 Å². The van der Waals surface area contributed by atoms with Gasteiger partial charge < -0.3 is 14.9 Å². The number of fused-ring (bicyclic) bond motifs is 1. The lowest BCUT2D eigenvalue weighted by molar-refractivity contribution is 0.403. The van der Waals surface area contributed by atoms with Crippen LogP contribution < -0.4 is 10.5 Å². The maximum absolute atomic E-state index is 6.25. The number of rotatable bonds is 4. The van der Waals surface area contributed by atoms with Gasteiger partial charge in [-0.1, -0.05) is 29.8 Å². The molecule has 1 heterocycles. The fraction of sp³-hybridized carbons (Fsp3) is 0.188. The van der Waals surface area contributed by atoms with Crippen LogP contribution in [0.1, 0.15) is 17.5 Å². The first-order valence-electron chi connectivity index (χ1n) is 6.61.